The highest BCUT2D eigenvalue weighted by Crippen LogP contribution is 2.13. The van der Waals surface area contributed by atoms with E-state index < -0.39 is 5.97 Å². The predicted molar refractivity (Wildman–Crippen MR) is 114 cm³/mol. The highest BCUT2D eigenvalue weighted by molar-refractivity contribution is 6.04. The van der Waals surface area contributed by atoms with Gasteiger partial charge in [-0.15, -0.1) is 0 Å². The number of benzene rings is 3. The summed E-state index contributed by atoms with van der Waals surface area (Å²) < 4.78 is 0. The number of hydrogen-bond donors (Lipinski definition) is 3. The Balaban J connectivity index is 1.49. The number of carboxylic acids is 1. The van der Waals surface area contributed by atoms with E-state index in [1.807, 2.05) is 30.3 Å². The number of carboxylic acid groups (broad SMARTS) is 1. The van der Waals surface area contributed by atoms with Crippen molar-refractivity contribution in [3.63, 3.8) is 0 Å². The summed E-state index contributed by atoms with van der Waals surface area (Å²) in [7, 11) is 0. The Morgan fingerprint density at radius 3 is 2.20 bits per heavy atom. The molecule has 0 spiro atoms. The van der Waals surface area contributed by atoms with Crippen LogP contribution in [0.5, 0.6) is 0 Å². The van der Waals surface area contributed by atoms with Crippen molar-refractivity contribution in [2.75, 3.05) is 5.32 Å². The topological polar surface area (TPSA) is 95.5 Å². The maximum absolute atomic E-state index is 12.4. The van der Waals surface area contributed by atoms with Crippen molar-refractivity contribution >= 4 is 23.5 Å². The molecule has 3 aromatic carbocycles. The first-order valence-corrected chi connectivity index (χ1v) is 9.55. The van der Waals surface area contributed by atoms with Gasteiger partial charge in [0, 0.05) is 24.2 Å². The average molecular weight is 402 g/mol. The van der Waals surface area contributed by atoms with Gasteiger partial charge in [-0.3, -0.25) is 9.59 Å². The van der Waals surface area contributed by atoms with E-state index in [9.17, 15) is 14.4 Å². The van der Waals surface area contributed by atoms with E-state index in [0.29, 0.717) is 30.6 Å². The summed E-state index contributed by atoms with van der Waals surface area (Å²) in [5.74, 6) is -1.42. The Hall–Kier alpha value is -3.93. The highest BCUT2D eigenvalue weighted by atomic mass is 16.4. The molecule has 3 rings (SSSR count). The lowest BCUT2D eigenvalue weighted by atomic mass is 10.1. The van der Waals surface area contributed by atoms with Crippen LogP contribution in [-0.4, -0.2) is 22.9 Å². The average Bonchev–Trinajstić information content (AvgIpc) is 2.77. The zero-order valence-electron chi connectivity index (χ0n) is 16.3. The third kappa shape index (κ3) is 6.04. The number of carbonyl (C=O) groups excluding carboxylic acids is 2. The first-order chi connectivity index (χ1) is 14.5. The highest BCUT2D eigenvalue weighted by Gasteiger charge is 2.09. The molecule has 3 N–H and O–H groups in total. The van der Waals surface area contributed by atoms with Crippen molar-refractivity contribution in [3.8, 4) is 0 Å². The Kier molecular flexibility index (Phi) is 6.95. The van der Waals surface area contributed by atoms with Crippen LogP contribution in [0.1, 0.15) is 38.3 Å². The van der Waals surface area contributed by atoms with E-state index in [-0.39, 0.29) is 17.4 Å². The van der Waals surface area contributed by atoms with Crippen LogP contribution in [0.15, 0.2) is 78.9 Å². The molecule has 0 aliphatic rings. The Labute approximate surface area is 174 Å². The van der Waals surface area contributed by atoms with Crippen LogP contribution in [0.2, 0.25) is 0 Å². The number of rotatable bonds is 8. The van der Waals surface area contributed by atoms with Crippen molar-refractivity contribution in [3.05, 3.63) is 101 Å². The summed E-state index contributed by atoms with van der Waals surface area (Å²) in [6.45, 7) is 0.385. The molecule has 0 aliphatic heterocycles. The van der Waals surface area contributed by atoms with Crippen molar-refractivity contribution in [1.82, 2.24) is 5.32 Å². The molecule has 152 valence electrons. The zero-order valence-corrected chi connectivity index (χ0v) is 16.3. The molecular weight excluding hydrogens is 380 g/mol. The third-order valence-electron chi connectivity index (χ3n) is 4.56. The number of hydrogen-bond acceptors (Lipinski definition) is 3. The van der Waals surface area contributed by atoms with Gasteiger partial charge in [-0.1, -0.05) is 48.5 Å². The molecule has 6 nitrogen and oxygen atoms in total. The van der Waals surface area contributed by atoms with Crippen molar-refractivity contribution in [1.29, 1.82) is 0 Å². The number of anilines is 1. The summed E-state index contributed by atoms with van der Waals surface area (Å²) in [5, 5.41) is 14.6. The van der Waals surface area contributed by atoms with Gasteiger partial charge in [0.1, 0.15) is 0 Å². The normalized spacial score (nSPS) is 10.3. The minimum Gasteiger partial charge on any atom is -0.478 e. The zero-order chi connectivity index (χ0) is 21.3. The van der Waals surface area contributed by atoms with E-state index in [2.05, 4.69) is 10.6 Å². The molecule has 0 atom stereocenters. The second-order valence-corrected chi connectivity index (χ2v) is 6.80. The SMILES string of the molecule is O=C(CCc1ccccc1)NCc1ccc(C(=O)Nc2cccc(C(=O)O)c2)cc1. The van der Waals surface area contributed by atoms with E-state index in [0.717, 1.165) is 11.1 Å². The van der Waals surface area contributed by atoms with Crippen LogP contribution in [0.3, 0.4) is 0 Å². The van der Waals surface area contributed by atoms with Gasteiger partial charge in [-0.05, 0) is 47.9 Å². The molecule has 0 saturated carbocycles. The van der Waals surface area contributed by atoms with Gasteiger partial charge in [-0.25, -0.2) is 4.79 Å². The fraction of sp³-hybridized carbons (Fsp3) is 0.125. The van der Waals surface area contributed by atoms with Gasteiger partial charge in [0.15, 0.2) is 0 Å². The Morgan fingerprint density at radius 1 is 0.767 bits per heavy atom. The quantitative estimate of drug-likeness (QED) is 0.533. The molecule has 0 saturated heterocycles. The van der Waals surface area contributed by atoms with Crippen LogP contribution in [0.4, 0.5) is 5.69 Å². The van der Waals surface area contributed by atoms with Crippen LogP contribution >= 0.6 is 0 Å². The molecule has 0 radical (unpaired) electrons. The summed E-state index contributed by atoms with van der Waals surface area (Å²) in [5.41, 5.74) is 2.96. The second kappa shape index (κ2) is 10.0. The number of amides is 2. The van der Waals surface area contributed by atoms with Gasteiger partial charge in [0.05, 0.1) is 5.56 Å². The van der Waals surface area contributed by atoms with Gasteiger partial charge >= 0.3 is 5.97 Å². The van der Waals surface area contributed by atoms with Gasteiger partial charge in [0.2, 0.25) is 5.91 Å². The summed E-state index contributed by atoms with van der Waals surface area (Å²) in [4.78, 5) is 35.4. The predicted octanol–water partition coefficient (Wildman–Crippen LogP) is 3.89. The molecular formula is C24H22N2O4. The molecule has 0 aliphatic carbocycles. The molecule has 0 unspecified atom stereocenters. The van der Waals surface area contributed by atoms with Crippen LogP contribution < -0.4 is 10.6 Å². The fourth-order valence-corrected chi connectivity index (χ4v) is 2.90. The fourth-order valence-electron chi connectivity index (χ4n) is 2.90. The van der Waals surface area contributed by atoms with Crippen LogP contribution in [-0.2, 0) is 17.8 Å². The van der Waals surface area contributed by atoms with Gasteiger partial charge in [0.25, 0.3) is 5.91 Å². The van der Waals surface area contributed by atoms with Gasteiger partial charge in [-0.2, -0.15) is 0 Å². The Bertz CT molecular complexity index is 1030. The molecule has 0 heterocycles. The van der Waals surface area contributed by atoms with Crippen molar-refractivity contribution < 1.29 is 19.5 Å². The molecule has 3 aromatic rings. The summed E-state index contributed by atoms with van der Waals surface area (Å²) in [6.07, 6.45) is 1.11. The third-order valence-corrected chi connectivity index (χ3v) is 4.56. The number of aromatic carboxylic acids is 1. The molecule has 0 bridgehead atoms. The first kappa shape index (κ1) is 20.8. The van der Waals surface area contributed by atoms with E-state index in [4.69, 9.17) is 5.11 Å². The largest absolute Gasteiger partial charge is 0.478 e. The smallest absolute Gasteiger partial charge is 0.335 e. The lowest BCUT2D eigenvalue weighted by Crippen LogP contribution is -2.23. The lowest BCUT2D eigenvalue weighted by molar-refractivity contribution is -0.121. The lowest BCUT2D eigenvalue weighted by Gasteiger charge is -2.08. The second-order valence-electron chi connectivity index (χ2n) is 6.80. The molecule has 0 aromatic heterocycles. The number of carbonyl (C=O) groups is 3. The molecule has 0 fully saturated rings. The van der Waals surface area contributed by atoms with Crippen LogP contribution in [0, 0.1) is 0 Å². The summed E-state index contributed by atoms with van der Waals surface area (Å²) in [6, 6.07) is 22.8. The van der Waals surface area contributed by atoms with Gasteiger partial charge < -0.3 is 15.7 Å². The standard InChI is InChI=1S/C24H22N2O4/c27-22(14-11-17-5-2-1-3-6-17)25-16-18-9-12-19(13-10-18)23(28)26-21-8-4-7-20(15-21)24(29)30/h1-10,12-13,15H,11,14,16H2,(H,25,27)(H,26,28)(H,29,30). The van der Waals surface area contributed by atoms with Crippen molar-refractivity contribution in [2.45, 2.75) is 19.4 Å². The number of nitrogens with one attached hydrogen (secondary N) is 2. The van der Waals surface area contributed by atoms with E-state index in [1.54, 1.807) is 36.4 Å². The first-order valence-electron chi connectivity index (χ1n) is 9.55. The van der Waals surface area contributed by atoms with E-state index >= 15 is 0 Å². The number of aryl methyl sites for hydroxylation is 1. The maximum Gasteiger partial charge on any atom is 0.335 e. The minimum absolute atomic E-state index is 0.0287. The van der Waals surface area contributed by atoms with Crippen LogP contribution in [0.25, 0.3) is 0 Å². The van der Waals surface area contributed by atoms with Crippen molar-refractivity contribution in [2.24, 2.45) is 0 Å². The monoisotopic (exact) mass is 402 g/mol. The molecule has 30 heavy (non-hydrogen) atoms. The maximum atomic E-state index is 12.4. The molecule has 2 amide bonds. The minimum atomic E-state index is -1.05. The van der Waals surface area contributed by atoms with E-state index in [1.165, 1.54) is 12.1 Å². The summed E-state index contributed by atoms with van der Waals surface area (Å²) >= 11 is 0. The Morgan fingerprint density at radius 2 is 1.50 bits per heavy atom. The molecule has 6 heteroatoms.